The predicted molar refractivity (Wildman–Crippen MR) is 277 cm³/mol. The molecule has 348 valence electrons. The molecule has 2 aliphatic carbocycles. The van der Waals surface area contributed by atoms with Crippen molar-refractivity contribution in [1.82, 2.24) is 39.5 Å². The van der Waals surface area contributed by atoms with E-state index >= 15 is 0 Å². The zero-order valence-corrected chi connectivity index (χ0v) is 39.3. The third-order valence-electron chi connectivity index (χ3n) is 14.5. The lowest BCUT2D eigenvalue weighted by Crippen LogP contribution is -2.34. The topological polar surface area (TPSA) is 163 Å². The molecule has 0 bridgehead atoms. The molecule has 3 unspecified atom stereocenters. The Balaban J connectivity index is 0.859. The number of anilines is 2. The summed E-state index contributed by atoms with van der Waals surface area (Å²) in [5, 5.41) is 19.4. The maximum Gasteiger partial charge on any atom is 0.224 e. The molecule has 9 aromatic rings. The molecule has 0 amide bonds. The van der Waals surface area contributed by atoms with Crippen LogP contribution in [0.1, 0.15) is 73.1 Å². The fraction of sp³-hybridized carbons (Fsp3) is 0.298. The Morgan fingerprint density at radius 3 is 1.61 bits per heavy atom. The highest BCUT2D eigenvalue weighted by Gasteiger charge is 2.32. The van der Waals surface area contributed by atoms with Gasteiger partial charge in [-0.05, 0) is 97.4 Å². The molecule has 4 aromatic heterocycles. The van der Waals surface area contributed by atoms with Crippen molar-refractivity contribution in [3.63, 3.8) is 0 Å². The van der Waals surface area contributed by atoms with Gasteiger partial charge in [-0.2, -0.15) is 20.2 Å². The Morgan fingerprint density at radius 2 is 1.01 bits per heavy atom. The van der Waals surface area contributed by atoms with Gasteiger partial charge in [0.25, 0.3) is 0 Å². The third-order valence-corrected chi connectivity index (χ3v) is 14.5. The summed E-state index contributed by atoms with van der Waals surface area (Å²) in [7, 11) is 0. The van der Waals surface area contributed by atoms with Crippen molar-refractivity contribution < 1.29 is 0 Å². The molecule has 5 aromatic carbocycles. The van der Waals surface area contributed by atoms with E-state index in [1.807, 2.05) is 24.5 Å². The van der Waals surface area contributed by atoms with Gasteiger partial charge in [-0.25, -0.2) is 19.3 Å². The Labute approximate surface area is 403 Å². The van der Waals surface area contributed by atoms with Crippen molar-refractivity contribution in [3.05, 3.63) is 168 Å². The van der Waals surface area contributed by atoms with Crippen molar-refractivity contribution in [2.45, 2.75) is 96.1 Å². The normalized spacial score (nSPS) is 19.5. The third kappa shape index (κ3) is 9.86. The number of hydrogen-bond acceptors (Lipinski definition) is 10. The Bertz CT molecular complexity index is 3140. The number of rotatable bonds is 14. The van der Waals surface area contributed by atoms with Crippen molar-refractivity contribution >= 4 is 34.0 Å². The molecule has 4 heterocycles. The van der Waals surface area contributed by atoms with Crippen LogP contribution in [-0.4, -0.2) is 51.6 Å². The van der Waals surface area contributed by atoms with Crippen LogP contribution in [0.15, 0.2) is 146 Å². The van der Waals surface area contributed by atoms with Crippen molar-refractivity contribution in [2.75, 3.05) is 10.6 Å². The zero-order valence-electron chi connectivity index (χ0n) is 39.3. The van der Waals surface area contributed by atoms with Crippen LogP contribution >= 0.6 is 0 Å². The maximum atomic E-state index is 6.77. The van der Waals surface area contributed by atoms with Gasteiger partial charge in [0.15, 0.2) is 11.3 Å². The van der Waals surface area contributed by atoms with E-state index in [1.165, 1.54) is 27.8 Å². The van der Waals surface area contributed by atoms with Gasteiger partial charge in [-0.3, -0.25) is 0 Å². The summed E-state index contributed by atoms with van der Waals surface area (Å²) in [6.07, 6.45) is 11.0. The Kier molecular flexibility index (Phi) is 12.7. The van der Waals surface area contributed by atoms with Crippen molar-refractivity contribution in [1.29, 1.82) is 0 Å². The Morgan fingerprint density at radius 1 is 0.522 bits per heavy atom. The van der Waals surface area contributed by atoms with E-state index in [0.717, 1.165) is 102 Å². The molecule has 3 atom stereocenters. The first-order chi connectivity index (χ1) is 33.9. The first-order valence-electron chi connectivity index (χ1n) is 24.7. The molecule has 6 N–H and O–H groups in total. The van der Waals surface area contributed by atoms with Crippen LogP contribution in [0.25, 0.3) is 55.7 Å². The molecule has 12 heteroatoms. The molecule has 0 aliphatic heterocycles. The van der Waals surface area contributed by atoms with Crippen LogP contribution in [-0.2, 0) is 26.2 Å². The second-order valence-electron chi connectivity index (χ2n) is 19.4. The minimum absolute atomic E-state index is 0.127. The lowest BCUT2D eigenvalue weighted by atomic mass is 9.73. The van der Waals surface area contributed by atoms with Crippen LogP contribution in [0.3, 0.4) is 0 Å². The van der Waals surface area contributed by atoms with Crippen LogP contribution in [0.5, 0.6) is 0 Å². The van der Waals surface area contributed by atoms with E-state index in [2.05, 4.69) is 148 Å². The average Bonchev–Trinajstić information content (AvgIpc) is 3.94. The van der Waals surface area contributed by atoms with Gasteiger partial charge in [0, 0.05) is 61.8 Å². The van der Waals surface area contributed by atoms with Gasteiger partial charge in [-0.1, -0.05) is 139 Å². The van der Waals surface area contributed by atoms with Crippen LogP contribution < -0.4 is 22.1 Å². The average molecular weight is 913 g/mol. The number of fused-ring (bicyclic) bond motifs is 2. The highest BCUT2D eigenvalue weighted by atomic mass is 15.3. The summed E-state index contributed by atoms with van der Waals surface area (Å²) in [5.41, 5.74) is 25.9. The predicted octanol–water partition coefficient (Wildman–Crippen LogP) is 10.9. The fourth-order valence-electron chi connectivity index (χ4n) is 10.5. The molecule has 0 saturated heterocycles. The summed E-state index contributed by atoms with van der Waals surface area (Å²) in [6, 6.07) is 47.4. The smallest absolute Gasteiger partial charge is 0.224 e. The lowest BCUT2D eigenvalue weighted by Gasteiger charge is -2.35. The van der Waals surface area contributed by atoms with E-state index in [4.69, 9.17) is 41.6 Å². The van der Waals surface area contributed by atoms with Crippen molar-refractivity contribution in [2.24, 2.45) is 23.3 Å². The number of benzene rings is 5. The molecule has 12 nitrogen and oxygen atoms in total. The number of aromatic nitrogens is 8. The number of aryl methyl sites for hydroxylation is 1. The lowest BCUT2D eigenvalue weighted by molar-refractivity contribution is 0.248. The molecule has 0 radical (unpaired) electrons. The van der Waals surface area contributed by atoms with Gasteiger partial charge in [-0.15, -0.1) is 0 Å². The second-order valence-corrected chi connectivity index (χ2v) is 19.4. The number of nitrogens with one attached hydrogen (secondary N) is 2. The highest BCUT2D eigenvalue weighted by molar-refractivity contribution is 5.92. The molecule has 69 heavy (non-hydrogen) atoms. The number of hydrogen-bond donors (Lipinski definition) is 4. The minimum Gasteiger partial charge on any atom is -0.350 e. The summed E-state index contributed by atoms with van der Waals surface area (Å²) in [4.78, 5) is 19.8. The molecule has 2 fully saturated rings. The SMILES string of the molecule is Cc1ccc(CNc2ncc3c(-c4ccccc4)nn(CC4CCC(N)CC4c4ccc(-c5nn(CC6CCC(N)CC6)c6nc(NCc7ccc(-c8ccccc8)cc7)ncc56)cc4)c3n2)cc1. The quantitative estimate of drug-likeness (QED) is 0.0826. The Hall–Kier alpha value is -7.28. The molecule has 2 aliphatic rings. The van der Waals surface area contributed by atoms with Gasteiger partial charge >= 0.3 is 0 Å². The van der Waals surface area contributed by atoms with Crippen LogP contribution in [0.2, 0.25) is 0 Å². The molecule has 11 rings (SSSR count). The summed E-state index contributed by atoms with van der Waals surface area (Å²) in [6.45, 7) is 4.85. The standard InChI is InChI=1S/C57H60N12/c1-37-12-14-38(15-13-37)31-60-57-62-33-50-52(44-10-6-3-7-11-44)67-69(55(50)65-57)36-46-26-29-48(59)30-49(46)43-22-24-45(25-23-43)53-51-34-63-56(64-54(51)68(66-53)35-40-18-27-47(58)28-19-40)61-32-39-16-20-42(21-17-39)41-8-4-2-5-9-41/h2-17,20-25,33-34,40,46-49H,18-19,26-32,35-36,58-59H2,1H3,(H,60,62,65)(H,61,63,64). The molecular weight excluding hydrogens is 853 g/mol. The summed E-state index contributed by atoms with van der Waals surface area (Å²) >= 11 is 0. The van der Waals surface area contributed by atoms with E-state index in [-0.39, 0.29) is 18.0 Å². The van der Waals surface area contributed by atoms with Gasteiger partial charge in [0.2, 0.25) is 11.9 Å². The molecule has 2 saturated carbocycles. The van der Waals surface area contributed by atoms with E-state index in [0.29, 0.717) is 43.4 Å². The van der Waals surface area contributed by atoms with Gasteiger partial charge < -0.3 is 22.1 Å². The molecular formula is C57H60N12. The van der Waals surface area contributed by atoms with Gasteiger partial charge in [0.05, 0.1) is 10.8 Å². The van der Waals surface area contributed by atoms with E-state index in [1.54, 1.807) is 0 Å². The van der Waals surface area contributed by atoms with Crippen LogP contribution in [0, 0.1) is 18.8 Å². The van der Waals surface area contributed by atoms with Gasteiger partial charge in [0.1, 0.15) is 11.4 Å². The maximum absolute atomic E-state index is 6.77. The second kappa shape index (κ2) is 19.7. The fourth-order valence-corrected chi connectivity index (χ4v) is 10.5. The zero-order chi connectivity index (χ0) is 46.7. The summed E-state index contributed by atoms with van der Waals surface area (Å²) in [5.74, 6) is 2.20. The largest absolute Gasteiger partial charge is 0.350 e. The molecule has 0 spiro atoms. The monoisotopic (exact) mass is 913 g/mol. The number of nitrogens with two attached hydrogens (primary N) is 2. The van der Waals surface area contributed by atoms with Crippen molar-refractivity contribution in [3.8, 4) is 33.6 Å². The van der Waals surface area contributed by atoms with E-state index in [9.17, 15) is 0 Å². The summed E-state index contributed by atoms with van der Waals surface area (Å²) < 4.78 is 4.23. The minimum atomic E-state index is 0.127. The highest BCUT2D eigenvalue weighted by Crippen LogP contribution is 2.41. The number of nitrogens with zero attached hydrogens (tertiary/aromatic N) is 8. The first-order valence-corrected chi connectivity index (χ1v) is 24.7. The van der Waals surface area contributed by atoms with E-state index < -0.39 is 0 Å². The first kappa shape index (κ1) is 44.2. The van der Waals surface area contributed by atoms with Crippen LogP contribution in [0.4, 0.5) is 11.9 Å².